The molecule has 0 spiro atoms. The molecule has 0 aliphatic carbocycles. The van der Waals surface area contributed by atoms with Gasteiger partial charge in [0, 0.05) is 130 Å². The zero-order valence-corrected chi connectivity index (χ0v) is 77.3. The van der Waals surface area contributed by atoms with Gasteiger partial charge in [-0.2, -0.15) is 0 Å². The number of thiophene rings is 6. The summed E-state index contributed by atoms with van der Waals surface area (Å²) in [7, 11) is 0. The Morgan fingerprint density at radius 2 is 0.697 bits per heavy atom. The van der Waals surface area contributed by atoms with Crippen molar-refractivity contribution in [1.29, 1.82) is 0 Å². The number of hydrogen-bond acceptors (Lipinski definition) is 12. The van der Waals surface area contributed by atoms with Crippen molar-refractivity contribution in [1.82, 2.24) is 19.9 Å². The van der Waals surface area contributed by atoms with Crippen molar-refractivity contribution >= 4 is 110 Å². The summed E-state index contributed by atoms with van der Waals surface area (Å²) in [5, 5.41) is 2.57. The van der Waals surface area contributed by atoms with E-state index in [4.69, 9.17) is 29.4 Å². The molecule has 0 bridgehead atoms. The van der Waals surface area contributed by atoms with E-state index < -0.39 is 11.6 Å². The summed E-state index contributed by atoms with van der Waals surface area (Å²) >= 11 is 10.6. The average Bonchev–Trinajstić information content (AvgIpc) is 1.57. The zero-order valence-electron chi connectivity index (χ0n) is 72.4. The second-order valence-corrected chi connectivity index (χ2v) is 40.3. The number of aryl methyl sites for hydroxylation is 4. The molecule has 0 radical (unpaired) electrons. The van der Waals surface area contributed by atoms with Gasteiger partial charge < -0.3 is 9.47 Å². The van der Waals surface area contributed by atoms with Gasteiger partial charge in [-0.1, -0.05) is 253 Å². The fraction of sp³-hybridized carbons (Fsp3) is 0.333. The minimum atomic E-state index is -0.904. The van der Waals surface area contributed by atoms with Crippen molar-refractivity contribution in [3.63, 3.8) is 0 Å². The summed E-state index contributed by atoms with van der Waals surface area (Å²) in [5.74, 6) is 1.09. The van der Waals surface area contributed by atoms with Crippen LogP contribution in [0.25, 0.3) is 160 Å². The van der Waals surface area contributed by atoms with Crippen LogP contribution in [0, 0.1) is 51.2 Å². The second kappa shape index (κ2) is 40.1. The van der Waals surface area contributed by atoms with E-state index in [-0.39, 0.29) is 11.1 Å². The third-order valence-electron chi connectivity index (χ3n) is 24.3. The number of nitrogens with zero attached hydrogens (tertiary/aromatic N) is 4. The standard InChI is InChI=1S/C108H112F2N4O2S6/c1-11-17-21-23-25-27-57-115-77-41-31-39-75(64-77)102-100(73-37-29-33-67(7)59-73)112-104-83(46-43-69(9)99(104)111-102)90-55-53-88(120-90)81-47-48-82(98(110)97(81)109)89-54-56-91(121-89)84-49-50-85(106-105(84)114-103(101(113-106)74-38-30-34-68(8)60-74)76-40-32-42-78(65-76)116-58-28-26-24-22-18-12-2)94-66-87-96(93-52-45-80(119-93)63-72(16-6)36-20-14-4)107-86(61-70(10)117-107)95(108(87)122-94)92-51-44-79(118-92)62-71(15-5)35-19-13-3/h29-34,37-56,59-61,64-66,71-72H,11-28,35-36,57-58,62-63H2,1-10H3. The van der Waals surface area contributed by atoms with Crippen LogP contribution < -0.4 is 9.47 Å². The summed E-state index contributed by atoms with van der Waals surface area (Å²) in [6.45, 7) is 23.7. The first-order valence-electron chi connectivity index (χ1n) is 44.8. The van der Waals surface area contributed by atoms with Crippen LogP contribution in [0.5, 0.6) is 11.5 Å². The Morgan fingerprint density at radius 3 is 1.16 bits per heavy atom. The van der Waals surface area contributed by atoms with Gasteiger partial charge >= 0.3 is 0 Å². The van der Waals surface area contributed by atoms with Gasteiger partial charge in [-0.3, -0.25) is 0 Å². The quantitative estimate of drug-likeness (QED) is 0.0358. The van der Waals surface area contributed by atoms with Gasteiger partial charge in [0.1, 0.15) is 11.5 Å². The molecule has 8 aromatic heterocycles. The summed E-state index contributed by atoms with van der Waals surface area (Å²) in [6, 6.07) is 68.1. The van der Waals surface area contributed by atoms with Gasteiger partial charge in [0.05, 0.1) is 58.1 Å². The van der Waals surface area contributed by atoms with E-state index in [0.29, 0.717) is 40.3 Å². The first-order chi connectivity index (χ1) is 59.7. The third kappa shape index (κ3) is 19.1. The molecule has 122 heavy (non-hydrogen) atoms. The van der Waals surface area contributed by atoms with Gasteiger partial charge in [0.2, 0.25) is 0 Å². The van der Waals surface area contributed by atoms with Gasteiger partial charge in [-0.25, -0.2) is 28.7 Å². The molecule has 6 nitrogen and oxygen atoms in total. The SMILES string of the molecule is CCCCCCCCOc1cccc(-c2nc3c(C)ccc(-c4ccc(-c5ccc(-c6ccc(-c7ccc(-c8cc9c(-c%10ccc(CC(CC)CCCC)s%10)c%10sc(C)cc%10c(-c%10ccc(CC(CC)CCCC)s%10)c9s8)c8nc(-c9cccc(C)c9)c(-c9cccc(OCCCCCCCC)c9)nc78)s6)c(F)c5F)s4)c3nc2-c2cccc(C)c2)c1. The first kappa shape index (κ1) is 86.2. The molecule has 2 unspecified atom stereocenters. The van der Waals surface area contributed by atoms with Crippen molar-refractivity contribution in [3.8, 4) is 130 Å². The monoisotopic (exact) mass is 1730 g/mol. The fourth-order valence-electron chi connectivity index (χ4n) is 17.4. The number of fused-ring (bicyclic) bond motifs is 4. The van der Waals surface area contributed by atoms with Crippen LogP contribution >= 0.6 is 68.0 Å². The van der Waals surface area contributed by atoms with Crippen molar-refractivity contribution < 1.29 is 18.3 Å². The summed E-state index contributed by atoms with van der Waals surface area (Å²) in [5.41, 5.74) is 18.6. The number of ether oxygens (including phenoxy) is 2. The molecule has 16 aromatic rings. The van der Waals surface area contributed by atoms with E-state index in [1.165, 1.54) is 181 Å². The van der Waals surface area contributed by atoms with Gasteiger partial charge in [-0.05, 0) is 180 Å². The van der Waals surface area contributed by atoms with Gasteiger partial charge in [0.25, 0.3) is 0 Å². The van der Waals surface area contributed by atoms with E-state index in [9.17, 15) is 0 Å². The largest absolute Gasteiger partial charge is 0.494 e. The molecule has 0 saturated carbocycles. The lowest BCUT2D eigenvalue weighted by molar-refractivity contribution is 0.304. The highest BCUT2D eigenvalue weighted by atomic mass is 32.1. The second-order valence-electron chi connectivity index (χ2n) is 33.4. The number of benzene rings is 8. The van der Waals surface area contributed by atoms with Crippen molar-refractivity contribution in [2.75, 3.05) is 13.2 Å². The normalized spacial score (nSPS) is 12.3. The molecular weight excluding hydrogens is 1620 g/mol. The highest BCUT2D eigenvalue weighted by Crippen LogP contribution is 2.55. The van der Waals surface area contributed by atoms with Crippen LogP contribution in [0.15, 0.2) is 194 Å². The number of unbranched alkanes of at least 4 members (excludes halogenated alkanes) is 12. The highest BCUT2D eigenvalue weighted by molar-refractivity contribution is 7.25. The molecule has 0 aliphatic rings. The predicted molar refractivity (Wildman–Crippen MR) is 525 cm³/mol. The molecule has 14 heteroatoms. The van der Waals surface area contributed by atoms with Gasteiger partial charge in [0.15, 0.2) is 11.6 Å². The van der Waals surface area contributed by atoms with Crippen LogP contribution in [0.3, 0.4) is 0 Å². The van der Waals surface area contributed by atoms with E-state index in [0.717, 1.165) is 160 Å². The Labute approximate surface area is 744 Å². The molecule has 0 amide bonds. The van der Waals surface area contributed by atoms with E-state index in [1.807, 2.05) is 87.8 Å². The van der Waals surface area contributed by atoms with Crippen LogP contribution in [-0.2, 0) is 12.8 Å². The Balaban J connectivity index is 0.803. The molecule has 8 heterocycles. The molecule has 0 aliphatic heterocycles. The minimum Gasteiger partial charge on any atom is -0.494 e. The fourth-order valence-corrected chi connectivity index (χ4v) is 24.4. The third-order valence-corrected chi connectivity index (χ3v) is 31.1. The number of aromatic nitrogens is 4. The number of rotatable bonds is 39. The van der Waals surface area contributed by atoms with E-state index >= 15 is 8.78 Å². The first-order valence-corrected chi connectivity index (χ1v) is 49.7. The maximum Gasteiger partial charge on any atom is 0.168 e. The Morgan fingerprint density at radius 1 is 0.320 bits per heavy atom. The van der Waals surface area contributed by atoms with E-state index in [1.54, 1.807) is 12.1 Å². The maximum absolute atomic E-state index is 17.6. The molecule has 8 aromatic carbocycles. The molecular formula is C108H112F2N4O2S6. The van der Waals surface area contributed by atoms with E-state index in [2.05, 4.69) is 209 Å². The van der Waals surface area contributed by atoms with Crippen LogP contribution in [0.1, 0.15) is 201 Å². The molecule has 16 rings (SSSR count). The summed E-state index contributed by atoms with van der Waals surface area (Å²) in [4.78, 5) is 33.8. The summed E-state index contributed by atoms with van der Waals surface area (Å²) in [6.07, 6.45) is 26.1. The molecule has 0 N–H and O–H groups in total. The van der Waals surface area contributed by atoms with Gasteiger partial charge in [-0.15, -0.1) is 68.0 Å². The molecule has 0 fully saturated rings. The van der Waals surface area contributed by atoms with Crippen LogP contribution in [0.4, 0.5) is 8.78 Å². The lowest BCUT2D eigenvalue weighted by atomic mass is 9.95. The molecule has 2 atom stereocenters. The lowest BCUT2D eigenvalue weighted by Gasteiger charge is -2.16. The number of hydrogen-bond donors (Lipinski definition) is 0. The Bertz CT molecular complexity index is 6240. The number of halogens is 2. The van der Waals surface area contributed by atoms with Crippen molar-refractivity contribution in [3.05, 3.63) is 237 Å². The van der Waals surface area contributed by atoms with Crippen LogP contribution in [-0.4, -0.2) is 33.1 Å². The maximum atomic E-state index is 17.6. The Kier molecular flexibility index (Phi) is 28.3. The average molecular weight is 1730 g/mol. The zero-order chi connectivity index (χ0) is 84.3. The molecule has 0 saturated heterocycles. The van der Waals surface area contributed by atoms with Crippen molar-refractivity contribution in [2.45, 2.75) is 210 Å². The smallest absolute Gasteiger partial charge is 0.168 e. The Hall–Kier alpha value is -9.38. The van der Waals surface area contributed by atoms with Crippen molar-refractivity contribution in [2.24, 2.45) is 11.8 Å². The summed E-state index contributed by atoms with van der Waals surface area (Å²) < 4.78 is 50.7. The highest BCUT2D eigenvalue weighted by Gasteiger charge is 2.29. The topological polar surface area (TPSA) is 70.0 Å². The minimum absolute atomic E-state index is 0.187. The van der Waals surface area contributed by atoms with Crippen LogP contribution in [0.2, 0.25) is 0 Å². The predicted octanol–water partition coefficient (Wildman–Crippen LogP) is 35.1. The molecule has 626 valence electrons. The lowest BCUT2D eigenvalue weighted by Crippen LogP contribution is -2.01.